The van der Waals surface area contributed by atoms with Crippen molar-refractivity contribution in [3.8, 4) is 22.3 Å². The summed E-state index contributed by atoms with van der Waals surface area (Å²) in [5.74, 6) is 0. The highest BCUT2D eigenvalue weighted by Gasteiger charge is 2.33. The minimum atomic E-state index is 0.804. The molecule has 0 amide bonds. The van der Waals surface area contributed by atoms with E-state index >= 15 is 0 Å². The number of para-hydroxylation sites is 8. The van der Waals surface area contributed by atoms with E-state index in [4.69, 9.17) is 17.7 Å². The van der Waals surface area contributed by atoms with Crippen molar-refractivity contribution in [1.29, 1.82) is 0 Å². The van der Waals surface area contributed by atoms with Gasteiger partial charge in [0.15, 0.2) is 11.2 Å². The van der Waals surface area contributed by atoms with Gasteiger partial charge < -0.3 is 36.3 Å². The van der Waals surface area contributed by atoms with Crippen LogP contribution in [0.4, 0.5) is 34.1 Å². The van der Waals surface area contributed by atoms with Crippen LogP contribution in [0.5, 0.6) is 0 Å². The van der Waals surface area contributed by atoms with Crippen molar-refractivity contribution in [2.45, 2.75) is 0 Å². The quantitative estimate of drug-likeness (QED) is 0.151. The van der Waals surface area contributed by atoms with Crippen LogP contribution in [0.2, 0.25) is 0 Å². The predicted octanol–water partition coefficient (Wildman–Crippen LogP) is 25.9. The molecule has 98 heavy (non-hydrogen) atoms. The molecule has 8 aromatic heterocycles. The molecule has 0 aliphatic heterocycles. The molecular formula is C90H50N4O4. The molecule has 0 saturated carbocycles. The lowest BCUT2D eigenvalue weighted by atomic mass is 9.97. The van der Waals surface area contributed by atoms with Gasteiger partial charge in [-0.1, -0.05) is 206 Å². The first-order chi connectivity index (χ1) is 48.6. The second-order valence-corrected chi connectivity index (χ2v) is 26.1. The number of fused-ring (bicyclic) bond motifs is 24. The molecule has 8 heterocycles. The molecule has 23 rings (SSSR count). The molecule has 8 heteroatoms. The van der Waals surface area contributed by atoms with Crippen LogP contribution in [0.3, 0.4) is 0 Å². The molecule has 0 radical (unpaired) electrons. The summed E-state index contributed by atoms with van der Waals surface area (Å²) in [4.78, 5) is 4.90. The van der Waals surface area contributed by atoms with Crippen LogP contribution in [0, 0.1) is 0 Å². The molecule has 454 valence electrons. The Bertz CT molecular complexity index is 6890. The molecule has 23 aromatic rings. The molecule has 0 saturated heterocycles. The number of hydrogen-bond donors (Lipinski definition) is 0. The number of benzene rings is 15. The number of rotatable bonds is 8. The molecule has 0 unspecified atom stereocenters. The van der Waals surface area contributed by atoms with Gasteiger partial charge in [0.2, 0.25) is 0 Å². The summed E-state index contributed by atoms with van der Waals surface area (Å²) in [7, 11) is 0. The molecule has 15 aromatic carbocycles. The van der Waals surface area contributed by atoms with Crippen molar-refractivity contribution in [3.63, 3.8) is 0 Å². The topological polar surface area (TPSA) is 67.9 Å². The third kappa shape index (κ3) is 6.91. The molecule has 0 aliphatic rings. The van der Waals surface area contributed by atoms with Crippen molar-refractivity contribution in [2.75, 3.05) is 9.80 Å². The van der Waals surface area contributed by atoms with Crippen molar-refractivity contribution in [2.24, 2.45) is 0 Å². The lowest BCUT2D eigenvalue weighted by molar-refractivity contribution is 0.667. The molecular weight excluding hydrogens is 1200 g/mol. The standard InChI is InChI=1S/C90H50N4O4/c1-3-21-51(22-4-1)63-45-67-55-27-11-15-37-79(55)95-83(67)49-77(63)91(73-35-19-31-59-53-25-9-17-39-81(53)97-89(59)73)71-43-41-57-65-47-76-66(48-75(65)93-69-33-13-7-29-61(69)85(71)87(57)93)58-42-44-72(86-62-30-8-14-34-70(62)94(76)88(58)86)92(74-36-20-32-60-54-26-10-18-40-82(54)98-90(60)74)78-50-84-68(56-28-12-16-38-80(56)96-84)46-64(78)52-23-5-2-6-24-52/h1-50H. The summed E-state index contributed by atoms with van der Waals surface area (Å²) < 4.78 is 32.9. The number of hydrogen-bond acceptors (Lipinski definition) is 6. The normalized spacial score (nSPS) is 12.5. The Morgan fingerprint density at radius 3 is 0.990 bits per heavy atom. The van der Waals surface area contributed by atoms with Gasteiger partial charge in [-0.3, -0.25) is 0 Å². The van der Waals surface area contributed by atoms with Crippen LogP contribution in [0.1, 0.15) is 0 Å². The Morgan fingerprint density at radius 2 is 0.561 bits per heavy atom. The smallest absolute Gasteiger partial charge is 0.159 e. The largest absolute Gasteiger partial charge is 0.456 e. The van der Waals surface area contributed by atoms with Crippen molar-refractivity contribution >= 4 is 198 Å². The number of aromatic nitrogens is 2. The molecule has 0 N–H and O–H groups in total. The monoisotopic (exact) mass is 1250 g/mol. The predicted molar refractivity (Wildman–Crippen MR) is 405 cm³/mol. The van der Waals surface area contributed by atoms with Crippen molar-refractivity contribution in [1.82, 2.24) is 8.80 Å². The summed E-state index contributed by atoms with van der Waals surface area (Å²) in [6, 6.07) is 110. The van der Waals surface area contributed by atoms with Gasteiger partial charge in [0.1, 0.15) is 33.5 Å². The first kappa shape index (κ1) is 52.1. The maximum atomic E-state index is 7.06. The summed E-state index contributed by atoms with van der Waals surface area (Å²) >= 11 is 0. The van der Waals surface area contributed by atoms with E-state index in [1.54, 1.807) is 0 Å². The van der Waals surface area contributed by atoms with Gasteiger partial charge in [0.25, 0.3) is 0 Å². The average Bonchev–Trinajstić information content (AvgIpc) is 1.47. The first-order valence-corrected chi connectivity index (χ1v) is 33.4. The van der Waals surface area contributed by atoms with Gasteiger partial charge in [-0.25, -0.2) is 0 Å². The minimum absolute atomic E-state index is 0.804. The van der Waals surface area contributed by atoms with Gasteiger partial charge in [-0.15, -0.1) is 0 Å². The highest BCUT2D eigenvalue weighted by Crippen LogP contribution is 2.56. The number of furan rings is 4. The van der Waals surface area contributed by atoms with E-state index in [2.05, 4.69) is 310 Å². The van der Waals surface area contributed by atoms with E-state index in [-0.39, 0.29) is 0 Å². The highest BCUT2D eigenvalue weighted by molar-refractivity contribution is 6.33. The number of anilines is 6. The summed E-state index contributed by atoms with van der Waals surface area (Å²) in [5.41, 5.74) is 23.6. The van der Waals surface area contributed by atoms with Crippen LogP contribution < -0.4 is 9.80 Å². The first-order valence-electron chi connectivity index (χ1n) is 33.4. The SMILES string of the molecule is c1ccc(-c2cc3c(cc2N(c2cccc4c2oc2ccccc24)c2ccc4c5cc6c(cc5n5c7ccccc7c2c45)c2ccc(N(c4cc5oc7ccccc7c5cc4-c4ccccc4)c4cccc5c4oc4ccccc45)c4c5ccccc5n6c24)oc2ccccc23)cc1. The molecule has 0 aliphatic carbocycles. The highest BCUT2D eigenvalue weighted by atomic mass is 16.3. The average molecular weight is 1250 g/mol. The van der Waals surface area contributed by atoms with E-state index in [1.165, 1.54) is 21.5 Å². The Kier molecular flexibility index (Phi) is 10.2. The van der Waals surface area contributed by atoms with E-state index in [0.717, 1.165) is 199 Å². The fraction of sp³-hybridized carbons (Fsp3) is 0. The van der Waals surface area contributed by atoms with E-state index < -0.39 is 0 Å². The molecule has 0 spiro atoms. The van der Waals surface area contributed by atoms with Crippen molar-refractivity contribution < 1.29 is 17.7 Å². The van der Waals surface area contributed by atoms with Gasteiger partial charge in [-0.2, -0.15) is 0 Å². The van der Waals surface area contributed by atoms with Crippen LogP contribution >= 0.6 is 0 Å². The second kappa shape index (κ2) is 19.2. The zero-order chi connectivity index (χ0) is 63.6. The van der Waals surface area contributed by atoms with Gasteiger partial charge in [0.05, 0.1) is 67.2 Å². The van der Waals surface area contributed by atoms with Crippen LogP contribution in [-0.2, 0) is 0 Å². The van der Waals surface area contributed by atoms with E-state index in [1.807, 2.05) is 12.1 Å². The maximum absolute atomic E-state index is 7.06. The van der Waals surface area contributed by atoms with Crippen LogP contribution in [0.15, 0.2) is 321 Å². The molecule has 0 bridgehead atoms. The third-order valence-corrected chi connectivity index (χ3v) is 21.1. The van der Waals surface area contributed by atoms with Gasteiger partial charge >= 0.3 is 0 Å². The Hall–Kier alpha value is -13.3. The Morgan fingerprint density at radius 1 is 0.204 bits per heavy atom. The zero-order valence-corrected chi connectivity index (χ0v) is 52.3. The third-order valence-electron chi connectivity index (χ3n) is 21.1. The Labute approximate surface area is 556 Å². The summed E-state index contributed by atoms with van der Waals surface area (Å²) in [6.07, 6.45) is 0. The van der Waals surface area contributed by atoms with Crippen molar-refractivity contribution in [3.05, 3.63) is 303 Å². The lowest BCUT2D eigenvalue weighted by Crippen LogP contribution is -2.12. The zero-order valence-electron chi connectivity index (χ0n) is 52.3. The lowest BCUT2D eigenvalue weighted by Gasteiger charge is -2.29. The van der Waals surface area contributed by atoms with Crippen LogP contribution in [0.25, 0.3) is 186 Å². The summed E-state index contributed by atoms with van der Waals surface area (Å²) in [6.45, 7) is 0. The fourth-order valence-electron chi connectivity index (χ4n) is 17.0. The van der Waals surface area contributed by atoms with Gasteiger partial charge in [-0.05, 0) is 96.1 Å². The number of nitrogens with zero attached hydrogens (tertiary/aromatic N) is 4. The molecule has 8 nitrogen and oxygen atoms in total. The van der Waals surface area contributed by atoms with Crippen LogP contribution in [-0.4, -0.2) is 8.80 Å². The minimum Gasteiger partial charge on any atom is -0.456 e. The van der Waals surface area contributed by atoms with E-state index in [0.29, 0.717) is 0 Å². The van der Waals surface area contributed by atoms with Gasteiger partial charge in [0, 0.05) is 109 Å². The fourth-order valence-corrected chi connectivity index (χ4v) is 17.0. The van der Waals surface area contributed by atoms with E-state index in [9.17, 15) is 0 Å². The molecule has 0 fully saturated rings. The summed E-state index contributed by atoms with van der Waals surface area (Å²) in [5, 5.41) is 17.8. The molecule has 0 atom stereocenters. The maximum Gasteiger partial charge on any atom is 0.159 e. The Balaban J connectivity index is 0.808. The second-order valence-electron chi connectivity index (χ2n) is 26.1.